The number of carbonyl (C=O) groups is 2. The predicted molar refractivity (Wildman–Crippen MR) is 125 cm³/mol. The monoisotopic (exact) mass is 444 g/mol. The second-order valence-corrected chi connectivity index (χ2v) is 9.06. The van der Waals surface area contributed by atoms with Crippen molar-refractivity contribution in [1.82, 2.24) is 19.7 Å². The molecule has 0 fully saturated rings. The number of amides is 2. The van der Waals surface area contributed by atoms with E-state index in [0.29, 0.717) is 24.3 Å². The van der Waals surface area contributed by atoms with Gasteiger partial charge >= 0.3 is 0 Å². The van der Waals surface area contributed by atoms with Crippen LogP contribution in [0, 0.1) is 0 Å². The summed E-state index contributed by atoms with van der Waals surface area (Å²) in [5.74, 6) is 0.234. The summed E-state index contributed by atoms with van der Waals surface area (Å²) >= 11 is 0. The van der Waals surface area contributed by atoms with E-state index in [9.17, 15) is 9.59 Å². The molecule has 1 aromatic carbocycles. The highest BCUT2D eigenvalue weighted by Gasteiger charge is 2.31. The fourth-order valence-corrected chi connectivity index (χ4v) is 4.95. The SMILES string of the molecule is CC1c2ccccc2CN1C(=O)c1ccc(N2CCc3c(c(C(N)=O)nn3C(C)C)C2)nc1. The van der Waals surface area contributed by atoms with Crippen LogP contribution in [0.1, 0.15) is 76.1 Å². The number of hydrogen-bond donors (Lipinski definition) is 1. The highest BCUT2D eigenvalue weighted by molar-refractivity contribution is 5.95. The van der Waals surface area contributed by atoms with Gasteiger partial charge < -0.3 is 15.5 Å². The molecule has 0 bridgehead atoms. The maximum absolute atomic E-state index is 13.2. The Bertz CT molecular complexity index is 1230. The standard InChI is InChI=1S/C25H28N6O2/c1-15(2)31-21-10-11-29(14-20(21)23(28-31)24(26)32)22-9-8-17(12-27-22)25(33)30-13-18-6-4-5-7-19(18)16(30)3/h4-9,12,15-16H,10-11,13-14H2,1-3H3,(H2,26,32). The first kappa shape index (κ1) is 21.2. The molecule has 5 rings (SSSR count). The number of rotatable bonds is 4. The van der Waals surface area contributed by atoms with Crippen molar-refractivity contribution < 1.29 is 9.59 Å². The van der Waals surface area contributed by atoms with Crippen LogP contribution in [0.3, 0.4) is 0 Å². The van der Waals surface area contributed by atoms with Crippen molar-refractivity contribution in [2.45, 2.75) is 52.4 Å². The Morgan fingerprint density at radius 3 is 2.58 bits per heavy atom. The fraction of sp³-hybridized carbons (Fsp3) is 0.360. The Labute approximate surface area is 193 Å². The zero-order valence-corrected chi connectivity index (χ0v) is 19.2. The molecule has 4 heterocycles. The summed E-state index contributed by atoms with van der Waals surface area (Å²) in [7, 11) is 0. The van der Waals surface area contributed by atoms with Crippen LogP contribution in [0.2, 0.25) is 0 Å². The van der Waals surface area contributed by atoms with Gasteiger partial charge in [-0.05, 0) is 44.0 Å². The van der Waals surface area contributed by atoms with Crippen molar-refractivity contribution in [2.75, 3.05) is 11.4 Å². The molecule has 3 aromatic rings. The van der Waals surface area contributed by atoms with Gasteiger partial charge in [0.2, 0.25) is 0 Å². The van der Waals surface area contributed by atoms with E-state index in [1.54, 1.807) is 6.20 Å². The molecule has 8 nitrogen and oxygen atoms in total. The highest BCUT2D eigenvalue weighted by atomic mass is 16.2. The number of carbonyl (C=O) groups excluding carboxylic acids is 2. The topological polar surface area (TPSA) is 97.4 Å². The molecule has 2 amide bonds. The molecule has 1 unspecified atom stereocenters. The molecule has 2 aliphatic rings. The van der Waals surface area contributed by atoms with Gasteiger partial charge in [-0.15, -0.1) is 0 Å². The van der Waals surface area contributed by atoms with Crippen molar-refractivity contribution >= 4 is 17.6 Å². The number of pyridine rings is 1. The fourth-order valence-electron chi connectivity index (χ4n) is 4.95. The number of nitrogens with zero attached hydrogens (tertiary/aromatic N) is 5. The summed E-state index contributed by atoms with van der Waals surface area (Å²) in [6.45, 7) is 8.03. The van der Waals surface area contributed by atoms with Crippen molar-refractivity contribution in [3.8, 4) is 0 Å². The van der Waals surface area contributed by atoms with Gasteiger partial charge in [0.1, 0.15) is 5.82 Å². The van der Waals surface area contributed by atoms with Crippen LogP contribution in [-0.2, 0) is 19.5 Å². The van der Waals surface area contributed by atoms with Gasteiger partial charge in [0.25, 0.3) is 11.8 Å². The first-order chi connectivity index (χ1) is 15.8. The van der Waals surface area contributed by atoms with E-state index in [4.69, 9.17) is 5.73 Å². The first-order valence-electron chi connectivity index (χ1n) is 11.3. The maximum Gasteiger partial charge on any atom is 0.269 e. The van der Waals surface area contributed by atoms with Gasteiger partial charge in [-0.2, -0.15) is 5.10 Å². The number of hydrogen-bond acceptors (Lipinski definition) is 5. The predicted octanol–water partition coefficient (Wildman–Crippen LogP) is 3.24. The maximum atomic E-state index is 13.2. The molecule has 33 heavy (non-hydrogen) atoms. The van der Waals surface area contributed by atoms with Gasteiger partial charge in [-0.1, -0.05) is 24.3 Å². The van der Waals surface area contributed by atoms with Crippen molar-refractivity contribution in [1.29, 1.82) is 0 Å². The summed E-state index contributed by atoms with van der Waals surface area (Å²) in [4.78, 5) is 33.7. The minimum absolute atomic E-state index is 0.0205. The molecule has 0 radical (unpaired) electrons. The van der Waals surface area contributed by atoms with Crippen LogP contribution >= 0.6 is 0 Å². The van der Waals surface area contributed by atoms with Crippen molar-refractivity contribution in [3.63, 3.8) is 0 Å². The van der Waals surface area contributed by atoms with Gasteiger partial charge in [-0.3, -0.25) is 14.3 Å². The molecular weight excluding hydrogens is 416 g/mol. The molecule has 0 aliphatic carbocycles. The molecule has 8 heteroatoms. The minimum Gasteiger partial charge on any atom is -0.364 e. The summed E-state index contributed by atoms with van der Waals surface area (Å²) < 4.78 is 1.90. The van der Waals surface area contributed by atoms with Gasteiger partial charge in [0, 0.05) is 49.6 Å². The lowest BCUT2D eigenvalue weighted by atomic mass is 10.0. The first-order valence-corrected chi connectivity index (χ1v) is 11.3. The number of fused-ring (bicyclic) bond motifs is 2. The molecule has 0 spiro atoms. The van der Waals surface area contributed by atoms with Gasteiger partial charge in [-0.25, -0.2) is 4.98 Å². The third kappa shape index (κ3) is 3.55. The van der Waals surface area contributed by atoms with E-state index >= 15 is 0 Å². The van der Waals surface area contributed by atoms with Crippen LogP contribution in [0.15, 0.2) is 42.6 Å². The lowest BCUT2D eigenvalue weighted by Gasteiger charge is -2.29. The lowest BCUT2D eigenvalue weighted by Crippen LogP contribution is -2.33. The number of nitrogens with two attached hydrogens (primary N) is 1. The number of aromatic nitrogens is 3. The Kier molecular flexibility index (Phi) is 5.15. The highest BCUT2D eigenvalue weighted by Crippen LogP contribution is 2.34. The van der Waals surface area contributed by atoms with E-state index < -0.39 is 5.91 Å². The third-order valence-electron chi connectivity index (χ3n) is 6.70. The second-order valence-electron chi connectivity index (χ2n) is 9.06. The van der Waals surface area contributed by atoms with Crippen LogP contribution in [0.5, 0.6) is 0 Å². The summed E-state index contributed by atoms with van der Waals surface area (Å²) in [6.07, 6.45) is 2.40. The smallest absolute Gasteiger partial charge is 0.269 e. The average Bonchev–Trinajstić information content (AvgIpc) is 3.37. The van der Waals surface area contributed by atoms with Crippen LogP contribution in [-0.4, -0.2) is 38.0 Å². The van der Waals surface area contributed by atoms with Gasteiger partial charge in [0.05, 0.1) is 11.6 Å². The van der Waals surface area contributed by atoms with Crippen LogP contribution < -0.4 is 10.6 Å². The third-order valence-corrected chi connectivity index (χ3v) is 6.70. The average molecular weight is 445 g/mol. The molecule has 2 N–H and O–H groups in total. The van der Waals surface area contributed by atoms with E-state index in [-0.39, 0.29) is 18.0 Å². The Morgan fingerprint density at radius 2 is 1.91 bits per heavy atom. The summed E-state index contributed by atoms with van der Waals surface area (Å²) in [5, 5.41) is 4.47. The molecule has 2 aliphatic heterocycles. The van der Waals surface area contributed by atoms with Crippen LogP contribution in [0.4, 0.5) is 5.82 Å². The van der Waals surface area contributed by atoms with E-state index in [0.717, 1.165) is 30.0 Å². The van der Waals surface area contributed by atoms with Crippen molar-refractivity contribution in [3.05, 3.63) is 76.2 Å². The second kappa shape index (κ2) is 8.03. The molecule has 1 atom stereocenters. The van der Waals surface area contributed by atoms with Crippen molar-refractivity contribution in [2.24, 2.45) is 5.73 Å². The number of benzene rings is 1. The zero-order chi connectivity index (χ0) is 23.3. The van der Waals surface area contributed by atoms with E-state index in [1.807, 2.05) is 47.7 Å². The quantitative estimate of drug-likeness (QED) is 0.666. The molecule has 0 saturated carbocycles. The van der Waals surface area contributed by atoms with E-state index in [1.165, 1.54) is 11.1 Å². The van der Waals surface area contributed by atoms with E-state index in [2.05, 4.69) is 34.0 Å². The van der Waals surface area contributed by atoms with Gasteiger partial charge in [0.15, 0.2) is 5.69 Å². The lowest BCUT2D eigenvalue weighted by molar-refractivity contribution is 0.0704. The minimum atomic E-state index is -0.512. The number of primary amides is 1. The zero-order valence-electron chi connectivity index (χ0n) is 19.2. The Balaban J connectivity index is 1.35. The van der Waals surface area contributed by atoms with Crippen LogP contribution in [0.25, 0.3) is 0 Å². The number of anilines is 1. The molecule has 170 valence electrons. The summed E-state index contributed by atoms with van der Waals surface area (Å²) in [5.41, 5.74) is 10.8. The normalized spacial score (nSPS) is 17.3. The molecular formula is C25H28N6O2. The Hall–Kier alpha value is -3.68. The largest absolute Gasteiger partial charge is 0.364 e. The molecule has 0 saturated heterocycles. The Morgan fingerprint density at radius 1 is 1.12 bits per heavy atom. The molecule has 2 aromatic heterocycles. The summed E-state index contributed by atoms with van der Waals surface area (Å²) in [6, 6.07) is 12.1.